The molecule has 20 heavy (non-hydrogen) atoms. The fraction of sp³-hybridized carbons (Fsp3) is 0.556. The summed E-state index contributed by atoms with van der Waals surface area (Å²) in [6.07, 6.45) is 1.06. The molecule has 0 aliphatic carbocycles. The normalized spacial score (nSPS) is 13.1. The monoisotopic (exact) mass is 273 g/mol. The van der Waals surface area contributed by atoms with Crippen molar-refractivity contribution in [3.63, 3.8) is 0 Å². The first-order valence-electron chi connectivity index (χ1n) is 7.43. The van der Waals surface area contributed by atoms with Crippen molar-refractivity contribution in [2.45, 2.75) is 58.9 Å². The lowest BCUT2D eigenvalue weighted by Crippen LogP contribution is -2.38. The van der Waals surface area contributed by atoms with Gasteiger partial charge in [0.2, 0.25) is 0 Å². The van der Waals surface area contributed by atoms with E-state index in [0.29, 0.717) is 0 Å². The molecular weight excluding hydrogens is 246 g/mol. The van der Waals surface area contributed by atoms with Crippen LogP contribution in [0.15, 0.2) is 28.7 Å². The Kier molecular flexibility index (Phi) is 3.97. The zero-order chi connectivity index (χ0) is 15.0. The smallest absolute Gasteiger partial charge is 0.134 e. The molecule has 0 aliphatic rings. The van der Waals surface area contributed by atoms with Crippen LogP contribution in [-0.4, -0.2) is 12.1 Å². The summed E-state index contributed by atoms with van der Waals surface area (Å²) >= 11 is 0. The Hall–Kier alpha value is -1.28. The van der Waals surface area contributed by atoms with Gasteiger partial charge in [-0.25, -0.2) is 0 Å². The Bertz CT molecular complexity index is 587. The molecule has 1 aromatic carbocycles. The van der Waals surface area contributed by atoms with E-state index in [1.165, 1.54) is 10.9 Å². The number of nitrogens with one attached hydrogen (secondary N) is 1. The van der Waals surface area contributed by atoms with Crippen LogP contribution in [0.25, 0.3) is 11.0 Å². The molecule has 1 heterocycles. The highest BCUT2D eigenvalue weighted by Crippen LogP contribution is 2.32. The molecule has 0 aliphatic heterocycles. The molecule has 0 bridgehead atoms. The van der Waals surface area contributed by atoms with Gasteiger partial charge in [-0.1, -0.05) is 25.5 Å². The van der Waals surface area contributed by atoms with E-state index >= 15 is 0 Å². The van der Waals surface area contributed by atoms with Crippen molar-refractivity contribution < 1.29 is 4.42 Å². The minimum atomic E-state index is 0.0468. The van der Waals surface area contributed by atoms with Crippen molar-refractivity contribution in [2.75, 3.05) is 6.54 Å². The molecule has 0 saturated heterocycles. The van der Waals surface area contributed by atoms with Gasteiger partial charge in [0, 0.05) is 16.3 Å². The van der Waals surface area contributed by atoms with Crippen LogP contribution >= 0.6 is 0 Å². The Balaban J connectivity index is 2.14. The third kappa shape index (κ3) is 3.63. The highest BCUT2D eigenvalue weighted by atomic mass is 16.3. The predicted molar refractivity (Wildman–Crippen MR) is 86.3 cm³/mol. The fourth-order valence-electron chi connectivity index (χ4n) is 2.37. The molecule has 0 fully saturated rings. The van der Waals surface area contributed by atoms with Crippen LogP contribution in [0.4, 0.5) is 0 Å². The first kappa shape index (κ1) is 15.1. The van der Waals surface area contributed by atoms with Gasteiger partial charge >= 0.3 is 0 Å². The molecule has 110 valence electrons. The van der Waals surface area contributed by atoms with E-state index in [1.807, 2.05) is 0 Å². The molecule has 0 spiro atoms. The van der Waals surface area contributed by atoms with Gasteiger partial charge in [-0.05, 0) is 58.9 Å². The van der Waals surface area contributed by atoms with Crippen LogP contribution in [0.2, 0.25) is 0 Å². The number of hydrogen-bond acceptors (Lipinski definition) is 2. The second-order valence-corrected chi connectivity index (χ2v) is 7.46. The van der Waals surface area contributed by atoms with Gasteiger partial charge in [-0.15, -0.1) is 0 Å². The third-order valence-corrected chi connectivity index (χ3v) is 3.74. The molecule has 2 heteroatoms. The van der Waals surface area contributed by atoms with Crippen LogP contribution in [0.5, 0.6) is 0 Å². The molecule has 0 radical (unpaired) electrons. The molecule has 0 amide bonds. The molecule has 2 nitrogen and oxygen atoms in total. The van der Waals surface area contributed by atoms with Crippen molar-refractivity contribution >= 4 is 11.0 Å². The second kappa shape index (κ2) is 5.25. The number of furan rings is 1. The lowest BCUT2D eigenvalue weighted by molar-refractivity contribution is 0.341. The number of benzene rings is 1. The maximum absolute atomic E-state index is 6.04. The Morgan fingerprint density at radius 3 is 2.40 bits per heavy atom. The molecule has 0 atom stereocenters. The summed E-state index contributed by atoms with van der Waals surface area (Å²) in [6.45, 7) is 14.2. The van der Waals surface area contributed by atoms with Crippen molar-refractivity contribution in [2.24, 2.45) is 0 Å². The van der Waals surface area contributed by atoms with Crippen LogP contribution in [0, 0.1) is 6.92 Å². The maximum Gasteiger partial charge on any atom is 0.134 e. The van der Waals surface area contributed by atoms with Gasteiger partial charge in [0.1, 0.15) is 11.3 Å². The summed E-state index contributed by atoms with van der Waals surface area (Å²) in [7, 11) is 0. The van der Waals surface area contributed by atoms with E-state index in [2.05, 4.69) is 71.1 Å². The topological polar surface area (TPSA) is 25.2 Å². The van der Waals surface area contributed by atoms with E-state index in [1.54, 1.807) is 0 Å². The minimum absolute atomic E-state index is 0.0468. The van der Waals surface area contributed by atoms with Crippen LogP contribution in [0.1, 0.15) is 52.4 Å². The van der Waals surface area contributed by atoms with Gasteiger partial charge in [-0.3, -0.25) is 0 Å². The summed E-state index contributed by atoms with van der Waals surface area (Å²) < 4.78 is 6.04. The molecule has 2 aromatic rings. The fourth-order valence-corrected chi connectivity index (χ4v) is 2.37. The molecular formula is C18H27NO. The first-order valence-corrected chi connectivity index (χ1v) is 7.43. The largest absolute Gasteiger partial charge is 0.461 e. The molecule has 1 N–H and O–H groups in total. The Labute approximate surface area is 122 Å². The van der Waals surface area contributed by atoms with E-state index in [0.717, 1.165) is 24.3 Å². The summed E-state index contributed by atoms with van der Waals surface area (Å²) in [6, 6.07) is 8.55. The first-order chi connectivity index (χ1) is 9.17. The lowest BCUT2D eigenvalue weighted by Gasteiger charge is -2.26. The van der Waals surface area contributed by atoms with Crippen molar-refractivity contribution in [1.82, 2.24) is 5.32 Å². The zero-order valence-electron chi connectivity index (χ0n) is 13.6. The molecule has 0 saturated carbocycles. The standard InChI is InChI=1S/C18H27NO/c1-13-7-8-15-14(11-13)12-16(20-15)18(5,6)9-10-19-17(2,3)4/h7-8,11-12,19H,9-10H2,1-6H3. The van der Waals surface area contributed by atoms with Crippen LogP contribution < -0.4 is 5.32 Å². The number of rotatable bonds is 4. The van der Waals surface area contributed by atoms with Crippen LogP contribution in [0.3, 0.4) is 0 Å². The van der Waals surface area contributed by atoms with E-state index in [-0.39, 0.29) is 11.0 Å². The third-order valence-electron chi connectivity index (χ3n) is 3.74. The van der Waals surface area contributed by atoms with Gasteiger partial charge in [0.05, 0.1) is 0 Å². The zero-order valence-corrected chi connectivity index (χ0v) is 13.6. The Morgan fingerprint density at radius 1 is 1.05 bits per heavy atom. The van der Waals surface area contributed by atoms with Gasteiger partial charge in [0.25, 0.3) is 0 Å². The van der Waals surface area contributed by atoms with Crippen LogP contribution in [-0.2, 0) is 5.41 Å². The minimum Gasteiger partial charge on any atom is -0.461 e. The number of fused-ring (bicyclic) bond motifs is 1. The van der Waals surface area contributed by atoms with Crippen molar-refractivity contribution in [3.05, 3.63) is 35.6 Å². The summed E-state index contributed by atoms with van der Waals surface area (Å²) in [5, 5.41) is 4.75. The van der Waals surface area contributed by atoms with Gasteiger partial charge in [-0.2, -0.15) is 0 Å². The van der Waals surface area contributed by atoms with E-state index in [9.17, 15) is 0 Å². The lowest BCUT2D eigenvalue weighted by atomic mass is 9.86. The molecule has 0 unspecified atom stereocenters. The quantitative estimate of drug-likeness (QED) is 0.866. The molecule has 2 rings (SSSR count). The number of aryl methyl sites for hydroxylation is 1. The predicted octanol–water partition coefficient (Wildman–Crippen LogP) is 4.80. The SMILES string of the molecule is Cc1ccc2oc(C(C)(C)CCNC(C)(C)C)cc2c1. The van der Waals surface area contributed by atoms with Crippen molar-refractivity contribution in [3.8, 4) is 0 Å². The van der Waals surface area contributed by atoms with Gasteiger partial charge in [0.15, 0.2) is 0 Å². The maximum atomic E-state index is 6.04. The number of hydrogen-bond donors (Lipinski definition) is 1. The summed E-state index contributed by atoms with van der Waals surface area (Å²) in [5.41, 5.74) is 2.48. The Morgan fingerprint density at radius 2 is 1.75 bits per heavy atom. The average Bonchev–Trinajstić information content (AvgIpc) is 2.70. The van der Waals surface area contributed by atoms with E-state index < -0.39 is 0 Å². The summed E-state index contributed by atoms with van der Waals surface area (Å²) in [4.78, 5) is 0. The highest BCUT2D eigenvalue weighted by Gasteiger charge is 2.25. The highest BCUT2D eigenvalue weighted by molar-refractivity contribution is 5.78. The molecule has 1 aromatic heterocycles. The van der Waals surface area contributed by atoms with Gasteiger partial charge < -0.3 is 9.73 Å². The van der Waals surface area contributed by atoms with Crippen molar-refractivity contribution in [1.29, 1.82) is 0 Å². The average molecular weight is 273 g/mol. The summed E-state index contributed by atoms with van der Waals surface area (Å²) in [5.74, 6) is 1.08. The second-order valence-electron chi connectivity index (χ2n) is 7.46. The van der Waals surface area contributed by atoms with E-state index in [4.69, 9.17) is 4.42 Å².